The number of para-hydroxylation sites is 1. The van der Waals surface area contributed by atoms with Crippen molar-refractivity contribution in [1.82, 2.24) is 9.99 Å². The molecule has 4 heterocycles. The fourth-order valence-corrected chi connectivity index (χ4v) is 4.09. The van der Waals surface area contributed by atoms with Gasteiger partial charge < -0.3 is 4.74 Å². The third-order valence-corrected chi connectivity index (χ3v) is 5.41. The number of benzene rings is 1. The number of rotatable bonds is 2. The molecule has 1 aromatic carbocycles. The zero-order valence-electron chi connectivity index (χ0n) is 12.9. The first-order valence-electron chi connectivity index (χ1n) is 7.95. The molecule has 118 valence electrons. The molecule has 0 amide bonds. The van der Waals surface area contributed by atoms with Gasteiger partial charge in [0.2, 0.25) is 6.23 Å². The fourth-order valence-electron chi connectivity index (χ4n) is 3.37. The normalized spacial score (nSPS) is 21.7. The summed E-state index contributed by atoms with van der Waals surface area (Å²) in [7, 11) is 0. The molecule has 2 aliphatic rings. The van der Waals surface area contributed by atoms with E-state index in [9.17, 15) is 0 Å². The highest BCUT2D eigenvalue weighted by molar-refractivity contribution is 7.12. The summed E-state index contributed by atoms with van der Waals surface area (Å²) in [5.74, 6) is 0.947. The van der Waals surface area contributed by atoms with E-state index in [0.717, 1.165) is 23.4 Å². The van der Waals surface area contributed by atoms with Gasteiger partial charge in [-0.2, -0.15) is 5.10 Å². The number of hydrogen-bond acceptors (Lipinski definition) is 5. The molecular weight excluding hydrogens is 318 g/mol. The molecule has 2 atom stereocenters. The van der Waals surface area contributed by atoms with Crippen LogP contribution in [0.1, 0.15) is 34.7 Å². The second-order valence-corrected chi connectivity index (χ2v) is 6.86. The molecule has 2 aromatic heterocycles. The molecule has 2 unspecified atom stereocenters. The largest absolute Gasteiger partial charge is 0.464 e. The maximum atomic E-state index is 6.29. The topological polar surface area (TPSA) is 37.7 Å². The highest BCUT2D eigenvalue weighted by Crippen LogP contribution is 2.47. The van der Waals surface area contributed by atoms with Gasteiger partial charge in [-0.1, -0.05) is 24.3 Å². The van der Waals surface area contributed by atoms with E-state index in [-0.39, 0.29) is 12.3 Å². The van der Waals surface area contributed by atoms with Gasteiger partial charge in [-0.25, -0.2) is 5.01 Å². The van der Waals surface area contributed by atoms with Crippen LogP contribution < -0.4 is 4.74 Å². The van der Waals surface area contributed by atoms with Gasteiger partial charge in [0.1, 0.15) is 5.75 Å². The summed E-state index contributed by atoms with van der Waals surface area (Å²) in [4.78, 5) is 5.35. The van der Waals surface area contributed by atoms with E-state index in [4.69, 9.17) is 9.84 Å². The molecule has 0 bridgehead atoms. The van der Waals surface area contributed by atoms with Crippen LogP contribution in [0.3, 0.4) is 0 Å². The summed E-state index contributed by atoms with van der Waals surface area (Å²) in [5.41, 5.74) is 3.41. The standard InChI is InChI=1S/C19H15N3OS/c1-2-5-17-14(4-1)16-12-15(18-6-3-11-24-18)21-22(16)19(23-17)13-7-9-20-10-8-13/h1-11,16,19H,12H2. The molecule has 0 aliphatic carbocycles. The van der Waals surface area contributed by atoms with Crippen molar-refractivity contribution in [3.8, 4) is 5.75 Å². The Labute approximate surface area is 144 Å². The lowest BCUT2D eigenvalue weighted by Crippen LogP contribution is -2.33. The van der Waals surface area contributed by atoms with Crippen LogP contribution in [0.2, 0.25) is 0 Å². The average Bonchev–Trinajstić information content (AvgIpc) is 3.31. The van der Waals surface area contributed by atoms with Crippen molar-refractivity contribution >= 4 is 17.0 Å². The highest BCUT2D eigenvalue weighted by atomic mass is 32.1. The number of fused-ring (bicyclic) bond motifs is 3. The van der Waals surface area contributed by atoms with E-state index < -0.39 is 0 Å². The van der Waals surface area contributed by atoms with Gasteiger partial charge >= 0.3 is 0 Å². The summed E-state index contributed by atoms with van der Waals surface area (Å²) in [6, 6.07) is 16.7. The number of ether oxygens (including phenoxy) is 1. The second-order valence-electron chi connectivity index (χ2n) is 5.91. The van der Waals surface area contributed by atoms with Crippen molar-refractivity contribution in [2.24, 2.45) is 5.10 Å². The number of pyridine rings is 1. The maximum absolute atomic E-state index is 6.29. The number of thiophene rings is 1. The third kappa shape index (κ3) is 2.12. The lowest BCUT2D eigenvalue weighted by molar-refractivity contribution is -0.0190. The molecule has 0 spiro atoms. The molecule has 0 fully saturated rings. The minimum Gasteiger partial charge on any atom is -0.464 e. The molecule has 3 aromatic rings. The average molecular weight is 333 g/mol. The molecule has 0 N–H and O–H groups in total. The molecule has 0 radical (unpaired) electrons. The van der Waals surface area contributed by atoms with Crippen molar-refractivity contribution in [3.63, 3.8) is 0 Å². The van der Waals surface area contributed by atoms with Crippen LogP contribution in [0, 0.1) is 0 Å². The quantitative estimate of drug-likeness (QED) is 0.698. The minimum absolute atomic E-state index is 0.213. The van der Waals surface area contributed by atoms with Crippen LogP contribution in [0.15, 0.2) is 71.4 Å². The van der Waals surface area contributed by atoms with Crippen LogP contribution in [0.25, 0.3) is 0 Å². The number of aromatic nitrogens is 1. The van der Waals surface area contributed by atoms with E-state index in [1.54, 1.807) is 23.7 Å². The Morgan fingerprint density at radius 2 is 1.92 bits per heavy atom. The molecule has 5 rings (SSSR count). The summed E-state index contributed by atoms with van der Waals surface area (Å²) >= 11 is 1.74. The molecule has 0 saturated carbocycles. The van der Waals surface area contributed by atoms with Gasteiger partial charge in [0.25, 0.3) is 0 Å². The maximum Gasteiger partial charge on any atom is 0.213 e. The fraction of sp³-hybridized carbons (Fsp3) is 0.158. The number of hydrazone groups is 1. The van der Waals surface area contributed by atoms with Gasteiger partial charge in [-0.3, -0.25) is 4.98 Å². The Morgan fingerprint density at radius 3 is 2.75 bits per heavy atom. The Kier molecular flexibility index (Phi) is 3.13. The predicted molar refractivity (Wildman–Crippen MR) is 94.1 cm³/mol. The molecule has 0 saturated heterocycles. The van der Waals surface area contributed by atoms with Crippen LogP contribution in [0.4, 0.5) is 0 Å². The van der Waals surface area contributed by atoms with Crippen LogP contribution in [-0.4, -0.2) is 15.7 Å². The lowest BCUT2D eigenvalue weighted by atomic mass is 9.98. The first kappa shape index (κ1) is 13.7. The Hall–Kier alpha value is -2.66. The van der Waals surface area contributed by atoms with E-state index in [0.29, 0.717) is 0 Å². The molecule has 4 nitrogen and oxygen atoms in total. The second kappa shape index (κ2) is 5.46. The zero-order chi connectivity index (χ0) is 15.9. The molecule has 24 heavy (non-hydrogen) atoms. The SMILES string of the molecule is c1csc(C2=NN3C(C2)c2ccccc2OC3c2ccncc2)c1. The first-order valence-corrected chi connectivity index (χ1v) is 8.83. The van der Waals surface area contributed by atoms with Gasteiger partial charge in [0, 0.05) is 29.9 Å². The Morgan fingerprint density at radius 1 is 1.04 bits per heavy atom. The van der Waals surface area contributed by atoms with Crippen LogP contribution in [-0.2, 0) is 0 Å². The van der Waals surface area contributed by atoms with Gasteiger partial charge in [0.15, 0.2) is 0 Å². The van der Waals surface area contributed by atoms with E-state index in [1.165, 1.54) is 10.4 Å². The molecular formula is C19H15N3OS. The van der Waals surface area contributed by atoms with Gasteiger partial charge in [-0.05, 0) is 29.6 Å². The first-order chi connectivity index (χ1) is 11.9. The third-order valence-electron chi connectivity index (χ3n) is 4.50. The lowest BCUT2D eigenvalue weighted by Gasteiger charge is -2.38. The van der Waals surface area contributed by atoms with Gasteiger partial charge in [-0.15, -0.1) is 11.3 Å². The van der Waals surface area contributed by atoms with Crippen molar-refractivity contribution in [1.29, 1.82) is 0 Å². The van der Waals surface area contributed by atoms with Gasteiger partial charge in [0.05, 0.1) is 16.6 Å². The minimum atomic E-state index is -0.217. The van der Waals surface area contributed by atoms with Crippen LogP contribution in [0.5, 0.6) is 5.75 Å². The van der Waals surface area contributed by atoms with Crippen molar-refractivity contribution in [3.05, 3.63) is 82.3 Å². The van der Waals surface area contributed by atoms with Crippen LogP contribution >= 0.6 is 11.3 Å². The summed E-state index contributed by atoms with van der Waals surface area (Å²) < 4.78 is 6.29. The monoisotopic (exact) mass is 333 g/mol. The summed E-state index contributed by atoms with van der Waals surface area (Å²) in [6.07, 6.45) is 4.29. The van der Waals surface area contributed by atoms with Crippen molar-refractivity contribution in [2.75, 3.05) is 0 Å². The van der Waals surface area contributed by atoms with Crippen molar-refractivity contribution in [2.45, 2.75) is 18.7 Å². The summed E-state index contributed by atoms with van der Waals surface area (Å²) in [6.45, 7) is 0. The van der Waals surface area contributed by atoms with E-state index >= 15 is 0 Å². The van der Waals surface area contributed by atoms with E-state index in [2.05, 4.69) is 39.6 Å². The predicted octanol–water partition coefficient (Wildman–Crippen LogP) is 4.39. The molecule has 2 aliphatic heterocycles. The smallest absolute Gasteiger partial charge is 0.213 e. The van der Waals surface area contributed by atoms with Crippen molar-refractivity contribution < 1.29 is 4.74 Å². The molecule has 5 heteroatoms. The Bertz CT molecular complexity index is 892. The number of nitrogens with zero attached hydrogens (tertiary/aromatic N) is 3. The highest BCUT2D eigenvalue weighted by Gasteiger charge is 2.40. The zero-order valence-corrected chi connectivity index (χ0v) is 13.7. The van der Waals surface area contributed by atoms with E-state index in [1.807, 2.05) is 24.3 Å². The Balaban J connectivity index is 1.62. The number of hydrogen-bond donors (Lipinski definition) is 0. The summed E-state index contributed by atoms with van der Waals surface area (Å²) in [5, 5.41) is 9.13.